The van der Waals surface area contributed by atoms with Gasteiger partial charge in [0.1, 0.15) is 0 Å². The SMILES string of the molecule is O=C([O-])C(Cc1c(I)cc(I)c(N2CCCCC2=O)c1I)c1ccccc1.[Na+]. The molecular formula is C20H17I3NNaO3. The maximum atomic E-state index is 12.5. The van der Waals surface area contributed by atoms with Gasteiger partial charge in [0.2, 0.25) is 5.91 Å². The summed E-state index contributed by atoms with van der Waals surface area (Å²) < 4.78 is 2.99. The van der Waals surface area contributed by atoms with E-state index < -0.39 is 11.9 Å². The number of rotatable bonds is 5. The molecule has 0 N–H and O–H groups in total. The number of hydrogen-bond acceptors (Lipinski definition) is 3. The van der Waals surface area contributed by atoms with Crippen molar-refractivity contribution in [3.05, 3.63) is 58.2 Å². The summed E-state index contributed by atoms with van der Waals surface area (Å²) in [5.74, 6) is -1.66. The van der Waals surface area contributed by atoms with Crippen LogP contribution < -0.4 is 39.6 Å². The molecule has 0 saturated carbocycles. The molecule has 0 aliphatic carbocycles. The van der Waals surface area contributed by atoms with Crippen molar-refractivity contribution in [1.82, 2.24) is 0 Å². The van der Waals surface area contributed by atoms with Crippen LogP contribution >= 0.6 is 67.8 Å². The predicted molar refractivity (Wildman–Crippen MR) is 129 cm³/mol. The number of piperidine rings is 1. The number of nitrogens with zero attached hydrogens (tertiary/aromatic N) is 1. The summed E-state index contributed by atoms with van der Waals surface area (Å²) in [5.41, 5.74) is 2.61. The Morgan fingerprint density at radius 2 is 1.79 bits per heavy atom. The van der Waals surface area contributed by atoms with E-state index in [1.54, 1.807) is 0 Å². The zero-order valence-electron chi connectivity index (χ0n) is 15.4. The van der Waals surface area contributed by atoms with E-state index in [0.717, 1.165) is 40.4 Å². The van der Waals surface area contributed by atoms with Crippen LogP contribution in [0.3, 0.4) is 0 Å². The van der Waals surface area contributed by atoms with Gasteiger partial charge in [-0.1, -0.05) is 30.3 Å². The molecule has 1 heterocycles. The van der Waals surface area contributed by atoms with E-state index in [-0.39, 0.29) is 35.5 Å². The zero-order valence-corrected chi connectivity index (χ0v) is 23.9. The fraction of sp³-hybridized carbons (Fsp3) is 0.300. The second-order valence-electron chi connectivity index (χ2n) is 6.47. The number of carbonyl (C=O) groups excluding carboxylic acids is 2. The number of aliphatic carboxylic acids is 1. The topological polar surface area (TPSA) is 60.4 Å². The fourth-order valence-corrected chi connectivity index (χ4v) is 7.72. The molecule has 1 atom stereocenters. The first kappa shape index (κ1) is 24.8. The van der Waals surface area contributed by atoms with Crippen LogP contribution in [0.15, 0.2) is 36.4 Å². The van der Waals surface area contributed by atoms with Crippen LogP contribution in [-0.4, -0.2) is 18.4 Å². The molecule has 1 aliphatic heterocycles. The third-order valence-electron chi connectivity index (χ3n) is 4.73. The van der Waals surface area contributed by atoms with Gasteiger partial charge in [-0.15, -0.1) is 0 Å². The van der Waals surface area contributed by atoms with Gasteiger partial charge >= 0.3 is 29.6 Å². The molecule has 4 nitrogen and oxygen atoms in total. The molecule has 0 spiro atoms. The number of carbonyl (C=O) groups is 2. The summed E-state index contributed by atoms with van der Waals surface area (Å²) in [6.07, 6.45) is 2.83. The summed E-state index contributed by atoms with van der Waals surface area (Å²) in [5, 5.41) is 11.9. The Morgan fingerprint density at radius 3 is 2.39 bits per heavy atom. The number of anilines is 1. The number of carboxylic acids is 1. The molecule has 1 fully saturated rings. The quantitative estimate of drug-likeness (QED) is 0.344. The van der Waals surface area contributed by atoms with E-state index in [1.165, 1.54) is 0 Å². The molecule has 0 radical (unpaired) electrons. The monoisotopic (exact) mass is 723 g/mol. The van der Waals surface area contributed by atoms with E-state index in [4.69, 9.17) is 0 Å². The molecular weight excluding hydrogens is 706 g/mol. The first-order valence-corrected chi connectivity index (χ1v) is 11.9. The number of amides is 1. The van der Waals surface area contributed by atoms with Gasteiger partial charge < -0.3 is 14.8 Å². The van der Waals surface area contributed by atoms with Crippen molar-refractivity contribution in [1.29, 1.82) is 0 Å². The molecule has 1 saturated heterocycles. The van der Waals surface area contributed by atoms with Crippen molar-refractivity contribution in [2.75, 3.05) is 11.4 Å². The normalized spacial score (nSPS) is 15.1. The van der Waals surface area contributed by atoms with Gasteiger partial charge in [-0.05, 0) is 104 Å². The number of carboxylic acid groups (broad SMARTS) is 1. The Bertz CT molecular complexity index is 877. The van der Waals surface area contributed by atoms with Crippen LogP contribution in [0.25, 0.3) is 0 Å². The summed E-state index contributed by atoms with van der Waals surface area (Å²) in [6.45, 7) is 0.716. The predicted octanol–water partition coefficient (Wildman–Crippen LogP) is 1.10. The van der Waals surface area contributed by atoms with Crippen molar-refractivity contribution in [2.45, 2.75) is 31.6 Å². The summed E-state index contributed by atoms with van der Waals surface area (Å²) in [4.78, 5) is 26.2. The van der Waals surface area contributed by atoms with Crippen molar-refractivity contribution in [3.8, 4) is 0 Å². The zero-order chi connectivity index (χ0) is 19.6. The minimum atomic E-state index is -1.08. The Hall–Kier alpha value is 0.570. The Labute approximate surface area is 227 Å². The smallest absolute Gasteiger partial charge is 0.549 e. The summed E-state index contributed by atoms with van der Waals surface area (Å²) in [6, 6.07) is 11.2. The van der Waals surface area contributed by atoms with Gasteiger partial charge in [0.25, 0.3) is 0 Å². The minimum Gasteiger partial charge on any atom is -0.549 e. The third kappa shape index (κ3) is 5.63. The van der Waals surface area contributed by atoms with Crippen LogP contribution in [0.5, 0.6) is 0 Å². The second-order valence-corrected chi connectivity index (χ2v) is 9.87. The number of halogens is 3. The molecule has 1 unspecified atom stereocenters. The average Bonchev–Trinajstić information content (AvgIpc) is 2.63. The first-order valence-electron chi connectivity index (χ1n) is 8.62. The maximum Gasteiger partial charge on any atom is 1.00 e. The number of hydrogen-bond donors (Lipinski definition) is 0. The maximum absolute atomic E-state index is 12.5. The van der Waals surface area contributed by atoms with Crippen molar-refractivity contribution in [3.63, 3.8) is 0 Å². The molecule has 0 aromatic heterocycles. The van der Waals surface area contributed by atoms with Gasteiger partial charge in [0, 0.05) is 35.6 Å². The average molecular weight is 723 g/mol. The van der Waals surface area contributed by atoms with Crippen LogP contribution in [0, 0.1) is 10.7 Å². The number of benzene rings is 2. The summed E-state index contributed by atoms with van der Waals surface area (Å²) in [7, 11) is 0. The van der Waals surface area contributed by atoms with Crippen LogP contribution in [0.1, 0.15) is 36.3 Å². The van der Waals surface area contributed by atoms with E-state index in [9.17, 15) is 14.7 Å². The fourth-order valence-electron chi connectivity index (χ4n) is 3.32. The van der Waals surface area contributed by atoms with E-state index >= 15 is 0 Å². The Balaban J connectivity index is 0.00000280. The molecule has 2 aromatic carbocycles. The van der Waals surface area contributed by atoms with E-state index in [0.29, 0.717) is 19.4 Å². The largest absolute Gasteiger partial charge is 1.00 e. The first-order chi connectivity index (χ1) is 12.9. The molecule has 0 bridgehead atoms. The standard InChI is InChI=1S/C20H18I3NO3.Na/c21-15-11-16(22)19(24-9-5-4-8-17(24)25)18(23)14(15)10-13(20(26)27)12-6-2-1-3-7-12;/h1-3,6-7,11,13H,4-5,8-10H2,(H,26,27);/q;+1/p-1. The minimum absolute atomic E-state index is 0. The molecule has 8 heteroatoms. The Morgan fingerprint density at radius 1 is 1.11 bits per heavy atom. The van der Waals surface area contributed by atoms with Crippen molar-refractivity contribution >= 4 is 85.3 Å². The summed E-state index contributed by atoms with van der Waals surface area (Å²) >= 11 is 6.79. The van der Waals surface area contributed by atoms with Crippen LogP contribution in [-0.2, 0) is 16.0 Å². The van der Waals surface area contributed by atoms with E-state index in [2.05, 4.69) is 67.8 Å². The van der Waals surface area contributed by atoms with Crippen molar-refractivity contribution in [2.24, 2.45) is 0 Å². The molecule has 3 rings (SSSR count). The van der Waals surface area contributed by atoms with Gasteiger partial charge in [-0.2, -0.15) is 0 Å². The molecule has 142 valence electrons. The van der Waals surface area contributed by atoms with Gasteiger partial charge in [-0.25, -0.2) is 0 Å². The van der Waals surface area contributed by atoms with Gasteiger partial charge in [0.15, 0.2) is 0 Å². The molecule has 2 aromatic rings. The molecule has 1 aliphatic rings. The van der Waals surface area contributed by atoms with Crippen LogP contribution in [0.2, 0.25) is 0 Å². The molecule has 28 heavy (non-hydrogen) atoms. The van der Waals surface area contributed by atoms with E-state index in [1.807, 2.05) is 41.3 Å². The van der Waals surface area contributed by atoms with Gasteiger partial charge in [0.05, 0.1) is 5.69 Å². The third-order valence-corrected chi connectivity index (χ3v) is 7.68. The van der Waals surface area contributed by atoms with Crippen molar-refractivity contribution < 1.29 is 44.3 Å². The van der Waals surface area contributed by atoms with Gasteiger partial charge in [-0.3, -0.25) is 4.79 Å². The molecule has 1 amide bonds. The van der Waals surface area contributed by atoms with Crippen LogP contribution in [0.4, 0.5) is 5.69 Å². The Kier molecular flexibility index (Phi) is 9.99. The second kappa shape index (κ2) is 11.3.